The Labute approximate surface area is 246 Å². The molecule has 2 heterocycles. The predicted molar refractivity (Wildman–Crippen MR) is 160 cm³/mol. The van der Waals surface area contributed by atoms with E-state index in [9.17, 15) is 19.2 Å². The van der Waals surface area contributed by atoms with Crippen molar-refractivity contribution in [1.82, 2.24) is 4.98 Å². The van der Waals surface area contributed by atoms with Crippen LogP contribution in [0.25, 0.3) is 22.2 Å². The second kappa shape index (κ2) is 10.7. The van der Waals surface area contributed by atoms with Crippen molar-refractivity contribution >= 4 is 51.8 Å². The molecule has 0 aliphatic carbocycles. The number of fused-ring (bicyclic) bond motifs is 2. The van der Waals surface area contributed by atoms with Gasteiger partial charge in [0.2, 0.25) is 5.78 Å². The molecule has 1 atom stereocenters. The van der Waals surface area contributed by atoms with Crippen LogP contribution in [-0.2, 0) is 4.74 Å². The number of amides is 2. The van der Waals surface area contributed by atoms with Crippen LogP contribution in [0.3, 0.4) is 0 Å². The van der Waals surface area contributed by atoms with E-state index >= 15 is 0 Å². The van der Waals surface area contributed by atoms with Gasteiger partial charge in [0.1, 0.15) is 0 Å². The molecule has 7 nitrogen and oxygen atoms in total. The average Bonchev–Trinajstić information content (AvgIpc) is 3.26. The van der Waals surface area contributed by atoms with Crippen LogP contribution in [0.2, 0.25) is 5.02 Å². The van der Waals surface area contributed by atoms with Crippen molar-refractivity contribution in [1.29, 1.82) is 0 Å². The summed E-state index contributed by atoms with van der Waals surface area (Å²) >= 11 is 6.48. The number of Topliss-reactive ketones (excluding diaryl/α,β-unsaturated/α-hetero) is 1. The first-order valence-electron chi connectivity index (χ1n) is 13.2. The lowest BCUT2D eigenvalue weighted by Crippen LogP contribution is -2.29. The molecule has 206 valence electrons. The molecule has 5 aromatic rings. The normalized spacial score (nSPS) is 13.3. The largest absolute Gasteiger partial charge is 0.451 e. The van der Waals surface area contributed by atoms with Gasteiger partial charge < -0.3 is 4.74 Å². The Bertz CT molecular complexity index is 1880. The van der Waals surface area contributed by atoms with Crippen molar-refractivity contribution in [2.45, 2.75) is 20.0 Å². The molecule has 1 aliphatic rings. The van der Waals surface area contributed by atoms with Crippen LogP contribution < -0.4 is 4.90 Å². The third-order valence-corrected chi connectivity index (χ3v) is 7.52. The number of hydrogen-bond donors (Lipinski definition) is 0. The molecule has 2 amide bonds. The lowest BCUT2D eigenvalue weighted by molar-refractivity contribution is 0.0320. The summed E-state index contributed by atoms with van der Waals surface area (Å²) < 4.78 is 5.62. The molecule has 0 fully saturated rings. The Hall–Kier alpha value is -5.14. The minimum absolute atomic E-state index is 0.200. The minimum Gasteiger partial charge on any atom is -0.451 e. The molecule has 6 rings (SSSR count). The molecule has 0 spiro atoms. The summed E-state index contributed by atoms with van der Waals surface area (Å²) in [6.45, 7) is 3.46. The third kappa shape index (κ3) is 4.74. The number of nitrogens with zero attached hydrogens (tertiary/aromatic N) is 2. The zero-order chi connectivity index (χ0) is 29.5. The lowest BCUT2D eigenvalue weighted by atomic mass is 10.0. The van der Waals surface area contributed by atoms with Gasteiger partial charge in [-0.1, -0.05) is 77.8 Å². The monoisotopic (exact) mass is 574 g/mol. The fourth-order valence-electron chi connectivity index (χ4n) is 4.97. The molecule has 0 bridgehead atoms. The standard InChI is InChI=1S/C34H23ClN2O5/c1-19-10-12-22(13-11-19)31(38)20(2)42-34(41)27-18-29(36-30-24(27)8-5-9-28(30)35)21-14-16-23(17-15-21)37-32(39)25-6-3-4-7-26(25)33(37)40/h3-18,20H,1-2H3/t20-/m1/s1. The lowest BCUT2D eigenvalue weighted by Gasteiger charge is -2.16. The maximum Gasteiger partial charge on any atom is 0.339 e. The van der Waals surface area contributed by atoms with Crippen molar-refractivity contribution in [3.63, 3.8) is 0 Å². The Morgan fingerprint density at radius 2 is 1.48 bits per heavy atom. The number of halogens is 1. The van der Waals surface area contributed by atoms with Crippen molar-refractivity contribution < 1.29 is 23.9 Å². The van der Waals surface area contributed by atoms with E-state index in [1.165, 1.54) is 6.92 Å². The number of aromatic nitrogens is 1. The number of carbonyl (C=O) groups excluding carboxylic acids is 4. The maximum absolute atomic E-state index is 13.4. The van der Waals surface area contributed by atoms with Crippen molar-refractivity contribution in [2.24, 2.45) is 0 Å². The highest BCUT2D eigenvalue weighted by molar-refractivity contribution is 6.35. The maximum atomic E-state index is 13.4. The van der Waals surface area contributed by atoms with Crippen molar-refractivity contribution in [2.75, 3.05) is 4.90 Å². The van der Waals surface area contributed by atoms with E-state index in [1.807, 2.05) is 19.1 Å². The molecule has 42 heavy (non-hydrogen) atoms. The van der Waals surface area contributed by atoms with Gasteiger partial charge >= 0.3 is 5.97 Å². The van der Waals surface area contributed by atoms with Crippen LogP contribution in [0.5, 0.6) is 0 Å². The quantitative estimate of drug-likeness (QED) is 0.122. The predicted octanol–water partition coefficient (Wildman–Crippen LogP) is 7.09. The Balaban J connectivity index is 1.32. The number of rotatable bonds is 6. The second-order valence-corrected chi connectivity index (χ2v) is 10.4. The summed E-state index contributed by atoms with van der Waals surface area (Å²) in [7, 11) is 0. The van der Waals surface area contributed by atoms with E-state index in [-0.39, 0.29) is 11.3 Å². The Morgan fingerprint density at radius 3 is 2.12 bits per heavy atom. The van der Waals surface area contributed by atoms with Crippen LogP contribution in [0.15, 0.2) is 97.1 Å². The number of benzene rings is 4. The number of para-hydroxylation sites is 1. The first kappa shape index (κ1) is 27.1. The summed E-state index contributed by atoms with van der Waals surface area (Å²) in [5.74, 6) is -1.79. The van der Waals surface area contributed by atoms with Crippen molar-refractivity contribution in [3.8, 4) is 11.3 Å². The molecule has 4 aromatic carbocycles. The van der Waals surface area contributed by atoms with Crippen LogP contribution in [0.4, 0.5) is 5.69 Å². The van der Waals surface area contributed by atoms with Gasteiger partial charge in [0.05, 0.1) is 38.6 Å². The first-order chi connectivity index (χ1) is 20.2. The van der Waals surface area contributed by atoms with Gasteiger partial charge in [0.15, 0.2) is 6.10 Å². The number of ketones is 1. The average molecular weight is 575 g/mol. The summed E-state index contributed by atoms with van der Waals surface area (Å²) in [6.07, 6.45) is -1.02. The molecule has 0 N–H and O–H groups in total. The summed E-state index contributed by atoms with van der Waals surface area (Å²) in [6, 6.07) is 27.1. The minimum atomic E-state index is -1.02. The van der Waals surface area contributed by atoms with E-state index in [0.29, 0.717) is 49.6 Å². The number of ether oxygens (including phenoxy) is 1. The molecular formula is C34H23ClN2O5. The highest BCUT2D eigenvalue weighted by Gasteiger charge is 2.36. The molecule has 0 unspecified atom stereocenters. The molecule has 1 aliphatic heterocycles. The highest BCUT2D eigenvalue weighted by atomic mass is 35.5. The van der Waals surface area contributed by atoms with Gasteiger partial charge in [-0.3, -0.25) is 14.4 Å². The van der Waals surface area contributed by atoms with E-state index in [4.69, 9.17) is 21.3 Å². The van der Waals surface area contributed by atoms with Gasteiger partial charge in [-0.15, -0.1) is 0 Å². The van der Waals surface area contributed by atoms with Crippen LogP contribution >= 0.6 is 11.6 Å². The fourth-order valence-corrected chi connectivity index (χ4v) is 5.18. The Morgan fingerprint density at radius 1 is 0.833 bits per heavy atom. The van der Waals surface area contributed by atoms with E-state index in [1.54, 1.807) is 84.9 Å². The summed E-state index contributed by atoms with van der Waals surface area (Å²) in [5.41, 5.74) is 4.22. The topological polar surface area (TPSA) is 93.6 Å². The van der Waals surface area contributed by atoms with Gasteiger partial charge in [0.25, 0.3) is 11.8 Å². The van der Waals surface area contributed by atoms with E-state index in [0.717, 1.165) is 10.5 Å². The number of imide groups is 1. The van der Waals surface area contributed by atoms with Gasteiger partial charge in [-0.05, 0) is 50.2 Å². The summed E-state index contributed by atoms with van der Waals surface area (Å²) in [5, 5.41) is 0.823. The number of esters is 1. The second-order valence-electron chi connectivity index (χ2n) is 10.0. The summed E-state index contributed by atoms with van der Waals surface area (Å²) in [4.78, 5) is 58.0. The molecule has 0 saturated heterocycles. The molecular weight excluding hydrogens is 552 g/mol. The van der Waals surface area contributed by atoms with Gasteiger partial charge in [-0.25, -0.2) is 14.7 Å². The SMILES string of the molecule is Cc1ccc(C(=O)[C@@H](C)OC(=O)c2cc(-c3ccc(N4C(=O)c5ccccc5C4=O)cc3)nc3c(Cl)cccc23)cc1. The van der Waals surface area contributed by atoms with Crippen molar-refractivity contribution in [3.05, 3.63) is 130 Å². The van der Waals surface area contributed by atoms with Crippen LogP contribution in [0, 0.1) is 6.92 Å². The smallest absolute Gasteiger partial charge is 0.339 e. The zero-order valence-corrected chi connectivity index (χ0v) is 23.4. The van der Waals surface area contributed by atoms with E-state index < -0.39 is 23.9 Å². The molecule has 0 saturated carbocycles. The number of anilines is 1. The third-order valence-electron chi connectivity index (χ3n) is 7.21. The van der Waals surface area contributed by atoms with Crippen LogP contribution in [0.1, 0.15) is 53.9 Å². The van der Waals surface area contributed by atoms with E-state index in [2.05, 4.69) is 0 Å². The zero-order valence-electron chi connectivity index (χ0n) is 22.6. The number of carbonyl (C=O) groups is 4. The number of pyridine rings is 1. The number of aryl methyl sites for hydroxylation is 1. The van der Waals surface area contributed by atoms with Crippen LogP contribution in [-0.4, -0.2) is 34.7 Å². The highest BCUT2D eigenvalue weighted by Crippen LogP contribution is 2.33. The van der Waals surface area contributed by atoms with Gasteiger partial charge in [-0.2, -0.15) is 0 Å². The molecule has 8 heteroatoms. The first-order valence-corrected chi connectivity index (χ1v) is 13.6. The van der Waals surface area contributed by atoms with Gasteiger partial charge in [0, 0.05) is 16.5 Å². The molecule has 1 aromatic heterocycles. The Kier molecular flexibility index (Phi) is 6.88. The number of hydrogen-bond acceptors (Lipinski definition) is 6. The molecule has 0 radical (unpaired) electrons. The fraction of sp³-hybridized carbons (Fsp3) is 0.0882.